The van der Waals surface area contributed by atoms with Gasteiger partial charge in [-0.25, -0.2) is 9.36 Å². The second-order valence-electron chi connectivity index (χ2n) is 13.4. The number of ether oxygens (including phenoxy) is 2. The molecule has 13 nitrogen and oxygen atoms in total. The molecule has 0 aromatic carbocycles. The Bertz CT molecular complexity index is 1280. The number of azide groups is 1. The zero-order valence-electron chi connectivity index (χ0n) is 31.0. The average Bonchev–Trinajstić information content (AvgIpc) is 3.49. The number of nitrogens with zero attached hydrogens (tertiary/aromatic N) is 4. The van der Waals surface area contributed by atoms with Crippen LogP contribution >= 0.6 is 19.6 Å². The van der Waals surface area contributed by atoms with Crippen LogP contribution in [-0.2, 0) is 23.1 Å². The van der Waals surface area contributed by atoms with Crippen molar-refractivity contribution >= 4 is 19.6 Å². The zero-order valence-corrected chi connectivity index (χ0v) is 32.7. The first kappa shape index (κ1) is 44.5. The van der Waals surface area contributed by atoms with Crippen LogP contribution in [0.2, 0.25) is 0 Å². The van der Waals surface area contributed by atoms with Crippen molar-refractivity contribution in [2.45, 2.75) is 173 Å². The van der Waals surface area contributed by atoms with Crippen molar-refractivity contribution in [3.63, 3.8) is 0 Å². The normalized spacial score (nSPS) is 20.0. The van der Waals surface area contributed by atoms with E-state index in [-0.39, 0.29) is 19.1 Å². The molecule has 1 aromatic rings. The summed E-state index contributed by atoms with van der Waals surface area (Å²) in [5.74, 6) is 1.14. The first-order chi connectivity index (χ1) is 24.1. The second kappa shape index (κ2) is 26.2. The number of nitrogens with one attached hydrogen (secondary N) is 1. The summed E-state index contributed by atoms with van der Waals surface area (Å²) in [4.78, 5) is 39.4. The predicted molar refractivity (Wildman–Crippen MR) is 201 cm³/mol. The first-order valence-electron chi connectivity index (χ1n) is 19.0. The minimum absolute atomic E-state index is 0.0336. The number of phosphoric ester groups is 1. The number of aromatic nitrogens is 2. The number of phosphoric acid groups is 1. The van der Waals surface area contributed by atoms with Gasteiger partial charge in [0.15, 0.2) is 0 Å². The van der Waals surface area contributed by atoms with E-state index in [2.05, 4.69) is 35.8 Å². The number of unbranched alkanes of at least 4 members (excludes halogenated alkanes) is 13. The summed E-state index contributed by atoms with van der Waals surface area (Å²) in [6.07, 6.45) is 20.9. The Morgan fingerprint density at radius 3 is 2.26 bits per heavy atom. The highest BCUT2D eigenvalue weighted by Gasteiger charge is 2.38. The molecule has 1 saturated heterocycles. The third-order valence-corrected chi connectivity index (χ3v) is 11.7. The highest BCUT2D eigenvalue weighted by Crippen LogP contribution is 2.44. The molecule has 15 heteroatoms. The first-order valence-corrected chi connectivity index (χ1v) is 21.5. The van der Waals surface area contributed by atoms with Crippen LogP contribution in [0.1, 0.15) is 148 Å². The van der Waals surface area contributed by atoms with E-state index in [0.29, 0.717) is 23.8 Å². The fourth-order valence-electron chi connectivity index (χ4n) is 6.07. The van der Waals surface area contributed by atoms with Gasteiger partial charge in [-0.15, -0.1) is 0 Å². The molecule has 0 amide bonds. The van der Waals surface area contributed by atoms with Crippen LogP contribution in [0.25, 0.3) is 10.4 Å². The molecule has 2 heterocycles. The number of aromatic amines is 1. The second-order valence-corrected chi connectivity index (χ2v) is 16.2. The molecule has 3 unspecified atom stereocenters. The highest BCUT2D eigenvalue weighted by molar-refractivity contribution is 7.99. The van der Waals surface area contributed by atoms with Gasteiger partial charge in [-0.05, 0) is 44.4 Å². The molecule has 1 aliphatic heterocycles. The molecular formula is C35H64N5O8PS. The standard InChI is InChI=1S/C35H64N5O8PS/c1-5-7-9-11-13-14-15-17-19-24-50-32(21-18-16-12-10-8-6-2)29(4)45-22-20-23-46-49(43,44)47-27-31-30(38-39-36)25-33(48-31)40-26-28(3)34(41)37-35(40)42/h26,29-33H,5-25,27H2,1-4H3,(H,43,44)(H,37,41,42)/t29?,30-,31+,32?,33+/m0/s1. The Kier molecular flexibility index (Phi) is 23.3. The van der Waals surface area contributed by atoms with Crippen molar-refractivity contribution in [2.24, 2.45) is 5.11 Å². The maximum Gasteiger partial charge on any atom is 0.472 e. The fourth-order valence-corrected chi connectivity index (χ4v) is 8.20. The van der Waals surface area contributed by atoms with E-state index in [9.17, 15) is 19.0 Å². The summed E-state index contributed by atoms with van der Waals surface area (Å²) >= 11 is 2.03. The van der Waals surface area contributed by atoms with E-state index in [1.165, 1.54) is 107 Å². The lowest BCUT2D eigenvalue weighted by atomic mass is 10.1. The van der Waals surface area contributed by atoms with Crippen LogP contribution in [0, 0.1) is 6.92 Å². The minimum atomic E-state index is -4.44. The van der Waals surface area contributed by atoms with Crippen LogP contribution in [0.5, 0.6) is 0 Å². The molecule has 1 aromatic heterocycles. The molecule has 0 spiro atoms. The SMILES string of the molecule is CCCCCCCCCCCSC(CCCCCCCC)C(C)OCCCOP(=O)(O)OC[C@H]1O[C@@H](n2cc(C)c(=O)[nH]c2=O)C[C@@H]1N=[N+]=[N-]. The number of thioether (sulfide) groups is 1. The van der Waals surface area contributed by atoms with Gasteiger partial charge in [-0.2, -0.15) is 11.8 Å². The molecular weight excluding hydrogens is 681 g/mol. The lowest BCUT2D eigenvalue weighted by molar-refractivity contribution is -0.0288. The smallest absolute Gasteiger partial charge is 0.377 e. The zero-order chi connectivity index (χ0) is 36.6. The number of H-pyrrole nitrogens is 1. The minimum Gasteiger partial charge on any atom is -0.377 e. The summed E-state index contributed by atoms with van der Waals surface area (Å²) in [7, 11) is -4.44. The van der Waals surface area contributed by atoms with Gasteiger partial charge >= 0.3 is 13.5 Å². The topological polar surface area (TPSA) is 178 Å². The van der Waals surface area contributed by atoms with Gasteiger partial charge in [0.2, 0.25) is 0 Å². The molecule has 2 N–H and O–H groups in total. The van der Waals surface area contributed by atoms with Crippen LogP contribution in [0.15, 0.2) is 20.9 Å². The van der Waals surface area contributed by atoms with Crippen molar-refractivity contribution < 1.29 is 28.0 Å². The summed E-state index contributed by atoms with van der Waals surface area (Å²) < 4.78 is 36.2. The maximum absolute atomic E-state index is 12.6. The number of hydrogen-bond donors (Lipinski definition) is 2. The van der Waals surface area contributed by atoms with E-state index in [1.54, 1.807) is 6.92 Å². The van der Waals surface area contributed by atoms with E-state index in [0.717, 1.165) is 12.2 Å². The molecule has 2 rings (SSSR count). The van der Waals surface area contributed by atoms with Crippen LogP contribution in [-0.4, -0.2) is 63.5 Å². The van der Waals surface area contributed by atoms with E-state index in [4.69, 9.17) is 24.1 Å². The fraction of sp³-hybridized carbons (Fsp3) is 0.886. The Balaban J connectivity index is 1.74. The molecule has 1 fully saturated rings. The number of hydrogen-bond acceptors (Lipinski definition) is 9. The molecule has 0 bridgehead atoms. The summed E-state index contributed by atoms with van der Waals surface area (Å²) in [6.45, 7) is 8.14. The Hall–Kier alpha value is -1.63. The molecule has 50 heavy (non-hydrogen) atoms. The van der Waals surface area contributed by atoms with E-state index >= 15 is 0 Å². The van der Waals surface area contributed by atoms with Gasteiger partial charge in [0.25, 0.3) is 5.56 Å². The van der Waals surface area contributed by atoms with Crippen molar-refractivity contribution in [3.05, 3.63) is 43.0 Å². The van der Waals surface area contributed by atoms with Gasteiger partial charge in [0, 0.05) is 34.9 Å². The monoisotopic (exact) mass is 745 g/mol. The van der Waals surface area contributed by atoms with Gasteiger partial charge in [-0.3, -0.25) is 23.4 Å². The van der Waals surface area contributed by atoms with Crippen LogP contribution in [0.3, 0.4) is 0 Å². The maximum atomic E-state index is 12.6. The van der Waals surface area contributed by atoms with Crippen LogP contribution < -0.4 is 11.2 Å². The number of rotatable bonds is 30. The van der Waals surface area contributed by atoms with Gasteiger partial charge in [0.1, 0.15) is 6.23 Å². The molecule has 0 radical (unpaired) electrons. The van der Waals surface area contributed by atoms with Gasteiger partial charge < -0.3 is 14.4 Å². The Morgan fingerprint density at radius 2 is 1.62 bits per heavy atom. The lowest BCUT2D eigenvalue weighted by Gasteiger charge is -2.24. The third-order valence-electron chi connectivity index (χ3n) is 9.13. The molecule has 1 aliphatic rings. The van der Waals surface area contributed by atoms with Crippen molar-refractivity contribution in [2.75, 3.05) is 25.6 Å². The van der Waals surface area contributed by atoms with E-state index in [1.807, 2.05) is 11.8 Å². The quantitative estimate of drug-likeness (QED) is 0.0255. The van der Waals surface area contributed by atoms with Crippen molar-refractivity contribution in [3.8, 4) is 0 Å². The highest BCUT2D eigenvalue weighted by atomic mass is 32.2. The van der Waals surface area contributed by atoms with Gasteiger partial charge in [-0.1, -0.05) is 109 Å². The summed E-state index contributed by atoms with van der Waals surface area (Å²) in [6, 6.07) is -0.763. The Labute approximate surface area is 303 Å². The Morgan fingerprint density at radius 1 is 1.00 bits per heavy atom. The number of aryl methyl sites for hydroxylation is 1. The van der Waals surface area contributed by atoms with E-state index < -0.39 is 44.1 Å². The molecule has 6 atom stereocenters. The van der Waals surface area contributed by atoms with Crippen LogP contribution in [0.4, 0.5) is 0 Å². The third kappa shape index (κ3) is 18.2. The lowest BCUT2D eigenvalue weighted by Crippen LogP contribution is -2.33. The van der Waals surface area contributed by atoms with Crippen molar-refractivity contribution in [1.29, 1.82) is 0 Å². The average molecular weight is 746 g/mol. The molecule has 0 aliphatic carbocycles. The molecule has 0 saturated carbocycles. The van der Waals surface area contributed by atoms with Gasteiger partial charge in [0.05, 0.1) is 31.5 Å². The largest absolute Gasteiger partial charge is 0.472 e. The predicted octanol–water partition coefficient (Wildman–Crippen LogP) is 9.12. The van der Waals surface area contributed by atoms with Crippen molar-refractivity contribution in [1.82, 2.24) is 9.55 Å². The summed E-state index contributed by atoms with van der Waals surface area (Å²) in [5, 5.41) is 4.12. The molecule has 288 valence electrons. The summed E-state index contributed by atoms with van der Waals surface area (Å²) in [5.41, 5.74) is 8.12.